The third-order valence-electron chi connectivity index (χ3n) is 2.68. The molecule has 0 atom stereocenters. The number of hydrogen-bond acceptors (Lipinski definition) is 2. The van der Waals surface area contributed by atoms with Crippen LogP contribution in [0.2, 0.25) is 0 Å². The zero-order valence-corrected chi connectivity index (χ0v) is 11.1. The van der Waals surface area contributed by atoms with Crippen LogP contribution in [-0.2, 0) is 9.53 Å². The maximum Gasteiger partial charge on any atom is 0.333 e. The van der Waals surface area contributed by atoms with Crippen molar-refractivity contribution in [3.8, 4) is 0 Å². The fourth-order valence-electron chi connectivity index (χ4n) is 1.66. The van der Waals surface area contributed by atoms with E-state index in [0.717, 1.165) is 31.3 Å². The van der Waals surface area contributed by atoms with Crippen LogP contribution in [0.3, 0.4) is 0 Å². The number of ether oxygens (including phenoxy) is 1. The number of carbonyl (C=O) groups excluding carboxylic acids is 1. The molecule has 0 spiro atoms. The molecule has 0 bridgehead atoms. The normalized spacial score (nSPS) is 11.6. The van der Waals surface area contributed by atoms with Crippen LogP contribution in [0.5, 0.6) is 0 Å². The van der Waals surface area contributed by atoms with Crippen molar-refractivity contribution in [2.45, 2.75) is 65.2 Å². The van der Waals surface area contributed by atoms with Crippen molar-refractivity contribution in [2.24, 2.45) is 0 Å². The minimum atomic E-state index is -0.149. The summed E-state index contributed by atoms with van der Waals surface area (Å²) in [6.07, 6.45) is 11.1. The van der Waals surface area contributed by atoms with E-state index in [1.54, 1.807) is 0 Å². The van der Waals surface area contributed by atoms with Crippen molar-refractivity contribution >= 4 is 5.97 Å². The van der Waals surface area contributed by atoms with Gasteiger partial charge in [0.25, 0.3) is 0 Å². The summed E-state index contributed by atoms with van der Waals surface area (Å²) in [5.41, 5.74) is 0.862. The van der Waals surface area contributed by atoms with Gasteiger partial charge in [-0.3, -0.25) is 0 Å². The Morgan fingerprint density at radius 3 is 2.31 bits per heavy atom. The summed E-state index contributed by atoms with van der Waals surface area (Å²) in [7, 11) is 1.46. The van der Waals surface area contributed by atoms with E-state index >= 15 is 0 Å². The average molecular weight is 226 g/mol. The van der Waals surface area contributed by atoms with E-state index < -0.39 is 0 Å². The molecule has 0 aliphatic carbocycles. The minimum Gasteiger partial charge on any atom is -0.466 e. The second kappa shape index (κ2) is 10.7. The second-order valence-corrected chi connectivity index (χ2v) is 4.17. The van der Waals surface area contributed by atoms with Crippen LogP contribution < -0.4 is 0 Å². The largest absolute Gasteiger partial charge is 0.466 e. The molecule has 0 aromatic rings. The molecule has 0 heterocycles. The number of rotatable bonds is 9. The number of hydrogen-bond donors (Lipinski definition) is 0. The van der Waals surface area contributed by atoms with Gasteiger partial charge >= 0.3 is 5.97 Å². The first kappa shape index (κ1) is 15.2. The van der Waals surface area contributed by atoms with Crippen molar-refractivity contribution in [1.29, 1.82) is 0 Å². The predicted octanol–water partition coefficient (Wildman–Crippen LogP) is 4.25. The fraction of sp³-hybridized carbons (Fsp3) is 0.786. The molecule has 2 heteroatoms. The third-order valence-corrected chi connectivity index (χ3v) is 2.68. The SMILES string of the molecule is CCCC=C(CCCCCCC)C(=O)OC. The molecule has 0 aromatic heterocycles. The predicted molar refractivity (Wildman–Crippen MR) is 68.4 cm³/mol. The van der Waals surface area contributed by atoms with Crippen LogP contribution in [-0.4, -0.2) is 13.1 Å². The Kier molecular flexibility index (Phi) is 10.2. The molecule has 0 rings (SSSR count). The van der Waals surface area contributed by atoms with Crippen molar-refractivity contribution in [2.75, 3.05) is 7.11 Å². The van der Waals surface area contributed by atoms with Gasteiger partial charge in [0.05, 0.1) is 7.11 Å². The first-order valence-electron chi connectivity index (χ1n) is 6.53. The zero-order valence-electron chi connectivity index (χ0n) is 11.1. The highest BCUT2D eigenvalue weighted by Crippen LogP contribution is 2.13. The van der Waals surface area contributed by atoms with Crippen molar-refractivity contribution in [1.82, 2.24) is 0 Å². The van der Waals surface area contributed by atoms with Crippen molar-refractivity contribution < 1.29 is 9.53 Å². The number of allylic oxidation sites excluding steroid dienone is 1. The Hall–Kier alpha value is -0.790. The molecule has 16 heavy (non-hydrogen) atoms. The zero-order chi connectivity index (χ0) is 12.2. The molecule has 2 nitrogen and oxygen atoms in total. The Balaban J connectivity index is 3.88. The van der Waals surface area contributed by atoms with Gasteiger partial charge < -0.3 is 4.74 Å². The highest BCUT2D eigenvalue weighted by molar-refractivity contribution is 5.88. The molecule has 0 aromatic carbocycles. The lowest BCUT2D eigenvalue weighted by atomic mass is 10.0. The number of carbonyl (C=O) groups is 1. The van der Waals surface area contributed by atoms with Crippen LogP contribution in [0.15, 0.2) is 11.6 Å². The topological polar surface area (TPSA) is 26.3 Å². The quantitative estimate of drug-likeness (QED) is 0.334. The highest BCUT2D eigenvalue weighted by atomic mass is 16.5. The van der Waals surface area contributed by atoms with E-state index in [0.29, 0.717) is 0 Å². The van der Waals surface area contributed by atoms with E-state index in [4.69, 9.17) is 4.74 Å². The van der Waals surface area contributed by atoms with Gasteiger partial charge in [-0.25, -0.2) is 4.79 Å². The van der Waals surface area contributed by atoms with Gasteiger partial charge in [-0.05, 0) is 19.3 Å². The van der Waals surface area contributed by atoms with Gasteiger partial charge in [0, 0.05) is 5.57 Å². The molecule has 0 aliphatic heterocycles. The van der Waals surface area contributed by atoms with Crippen LogP contribution in [0.1, 0.15) is 65.2 Å². The van der Waals surface area contributed by atoms with E-state index in [1.165, 1.54) is 32.8 Å². The second-order valence-electron chi connectivity index (χ2n) is 4.17. The number of methoxy groups -OCH3 is 1. The first-order chi connectivity index (χ1) is 7.76. The van der Waals surface area contributed by atoms with E-state index in [2.05, 4.69) is 13.8 Å². The van der Waals surface area contributed by atoms with Crippen LogP contribution in [0.25, 0.3) is 0 Å². The summed E-state index contributed by atoms with van der Waals surface area (Å²) in [6, 6.07) is 0. The highest BCUT2D eigenvalue weighted by Gasteiger charge is 2.08. The van der Waals surface area contributed by atoms with E-state index in [9.17, 15) is 4.79 Å². The Bertz CT molecular complexity index is 207. The summed E-state index contributed by atoms with van der Waals surface area (Å²) in [4.78, 5) is 11.4. The summed E-state index contributed by atoms with van der Waals surface area (Å²) < 4.78 is 4.78. The van der Waals surface area contributed by atoms with Gasteiger partial charge in [0.1, 0.15) is 0 Å². The molecule has 94 valence electrons. The summed E-state index contributed by atoms with van der Waals surface area (Å²) >= 11 is 0. The van der Waals surface area contributed by atoms with E-state index in [-0.39, 0.29) is 5.97 Å². The van der Waals surface area contributed by atoms with Gasteiger partial charge in [0.2, 0.25) is 0 Å². The monoisotopic (exact) mass is 226 g/mol. The third kappa shape index (κ3) is 7.49. The lowest BCUT2D eigenvalue weighted by Gasteiger charge is -2.05. The lowest BCUT2D eigenvalue weighted by Crippen LogP contribution is -2.05. The number of unbranched alkanes of at least 4 members (excludes halogenated alkanes) is 5. The van der Waals surface area contributed by atoms with Crippen LogP contribution in [0.4, 0.5) is 0 Å². The molecular weight excluding hydrogens is 200 g/mol. The van der Waals surface area contributed by atoms with Crippen molar-refractivity contribution in [3.63, 3.8) is 0 Å². The maximum absolute atomic E-state index is 11.4. The molecule has 0 amide bonds. The molecule has 0 saturated carbocycles. The minimum absolute atomic E-state index is 0.149. The Morgan fingerprint density at radius 2 is 1.75 bits per heavy atom. The standard InChI is InChI=1S/C14H26O2/c1-4-6-8-9-10-12-13(11-7-5-2)14(15)16-3/h11H,4-10,12H2,1-3H3. The van der Waals surface area contributed by atoms with Crippen LogP contribution in [0, 0.1) is 0 Å². The molecule has 0 radical (unpaired) electrons. The molecule has 0 fully saturated rings. The van der Waals surface area contributed by atoms with Crippen LogP contribution >= 0.6 is 0 Å². The molecule has 0 unspecified atom stereocenters. The van der Waals surface area contributed by atoms with Crippen molar-refractivity contribution in [3.05, 3.63) is 11.6 Å². The van der Waals surface area contributed by atoms with Gasteiger partial charge in [-0.15, -0.1) is 0 Å². The maximum atomic E-state index is 11.4. The average Bonchev–Trinajstić information content (AvgIpc) is 2.31. The van der Waals surface area contributed by atoms with Gasteiger partial charge in [-0.1, -0.05) is 52.0 Å². The summed E-state index contributed by atoms with van der Waals surface area (Å²) in [6.45, 7) is 4.33. The molecule has 0 N–H and O–H groups in total. The molecule has 0 aliphatic rings. The van der Waals surface area contributed by atoms with Gasteiger partial charge in [-0.2, -0.15) is 0 Å². The van der Waals surface area contributed by atoms with E-state index in [1.807, 2.05) is 6.08 Å². The number of esters is 1. The lowest BCUT2D eigenvalue weighted by molar-refractivity contribution is -0.136. The molecular formula is C14H26O2. The molecule has 0 saturated heterocycles. The summed E-state index contributed by atoms with van der Waals surface area (Å²) in [5.74, 6) is -0.149. The Labute approximate surface area is 100 Å². The summed E-state index contributed by atoms with van der Waals surface area (Å²) in [5, 5.41) is 0. The smallest absolute Gasteiger partial charge is 0.333 e. The Morgan fingerprint density at radius 1 is 1.06 bits per heavy atom. The fourth-order valence-corrected chi connectivity index (χ4v) is 1.66. The first-order valence-corrected chi connectivity index (χ1v) is 6.53. The van der Waals surface area contributed by atoms with Gasteiger partial charge in [0.15, 0.2) is 0 Å².